The van der Waals surface area contributed by atoms with Gasteiger partial charge >= 0.3 is 0 Å². The minimum atomic E-state index is -0.0259. The van der Waals surface area contributed by atoms with E-state index in [1.807, 2.05) is 0 Å². The number of aromatic nitrogens is 1. The van der Waals surface area contributed by atoms with Crippen molar-refractivity contribution >= 4 is 11.7 Å². The fraction of sp³-hybridized carbons (Fsp3) is 0.250. The Kier molecular flexibility index (Phi) is 1.46. The average molecular weight is 164 g/mol. The molecule has 0 aromatic carbocycles. The molecule has 12 heavy (non-hydrogen) atoms. The van der Waals surface area contributed by atoms with Crippen LogP contribution in [0, 0.1) is 0 Å². The summed E-state index contributed by atoms with van der Waals surface area (Å²) >= 11 is 0. The molecule has 1 aromatic rings. The summed E-state index contributed by atoms with van der Waals surface area (Å²) in [6.07, 6.45) is 1.98. The second-order valence-corrected chi connectivity index (χ2v) is 2.57. The average Bonchev–Trinajstić information content (AvgIpc) is 2.44. The second kappa shape index (κ2) is 2.48. The molecule has 0 unspecified atom stereocenters. The van der Waals surface area contributed by atoms with E-state index in [-0.39, 0.29) is 5.91 Å². The molecule has 1 aliphatic heterocycles. The molecule has 0 bridgehead atoms. The fourth-order valence-corrected chi connectivity index (χ4v) is 1.28. The highest BCUT2D eigenvalue weighted by atomic mass is 16.5. The van der Waals surface area contributed by atoms with Crippen molar-refractivity contribution in [1.29, 1.82) is 0 Å². The van der Waals surface area contributed by atoms with Crippen LogP contribution in [0.5, 0.6) is 5.75 Å². The van der Waals surface area contributed by atoms with Crippen molar-refractivity contribution in [3.8, 4) is 5.75 Å². The Bertz CT molecular complexity index is 336. The number of hydrogen-bond donors (Lipinski definition) is 1. The predicted molar refractivity (Wildman–Crippen MR) is 43.1 cm³/mol. The molecule has 0 saturated heterocycles. The Morgan fingerprint density at radius 1 is 1.67 bits per heavy atom. The number of pyridine rings is 1. The third kappa shape index (κ3) is 0.922. The third-order valence-electron chi connectivity index (χ3n) is 1.83. The molecule has 1 N–H and O–H groups in total. The van der Waals surface area contributed by atoms with Crippen LogP contribution >= 0.6 is 0 Å². The lowest BCUT2D eigenvalue weighted by Crippen LogP contribution is -2.04. The molecule has 4 nitrogen and oxygen atoms in total. The molecular formula is C8H8N2O2. The van der Waals surface area contributed by atoms with Gasteiger partial charge in [0.1, 0.15) is 11.6 Å². The number of nitrogens with zero attached hydrogens (tertiary/aromatic N) is 1. The molecule has 0 atom stereocenters. The molecule has 1 aromatic heterocycles. The van der Waals surface area contributed by atoms with Gasteiger partial charge in [0.25, 0.3) is 0 Å². The Morgan fingerprint density at radius 2 is 2.50 bits per heavy atom. The summed E-state index contributed by atoms with van der Waals surface area (Å²) in [7, 11) is 1.58. The molecular weight excluding hydrogens is 156 g/mol. The van der Waals surface area contributed by atoms with Gasteiger partial charge in [0.15, 0.2) is 0 Å². The van der Waals surface area contributed by atoms with Crippen LogP contribution in [-0.4, -0.2) is 18.0 Å². The highest BCUT2D eigenvalue weighted by Crippen LogP contribution is 2.28. The smallest absolute Gasteiger partial charge is 0.230 e. The van der Waals surface area contributed by atoms with Crippen molar-refractivity contribution in [3.05, 3.63) is 17.8 Å². The SMILES string of the molecule is COc1ccnc2c1CC(=O)N2. The molecule has 0 spiro atoms. The van der Waals surface area contributed by atoms with E-state index < -0.39 is 0 Å². The van der Waals surface area contributed by atoms with Gasteiger partial charge < -0.3 is 10.1 Å². The van der Waals surface area contributed by atoms with Crippen molar-refractivity contribution < 1.29 is 9.53 Å². The van der Waals surface area contributed by atoms with Gasteiger partial charge in [0.2, 0.25) is 5.91 Å². The normalized spacial score (nSPS) is 13.9. The van der Waals surface area contributed by atoms with Crippen molar-refractivity contribution in [2.45, 2.75) is 6.42 Å². The maximum Gasteiger partial charge on any atom is 0.230 e. The van der Waals surface area contributed by atoms with Crippen LogP contribution in [0.3, 0.4) is 0 Å². The summed E-state index contributed by atoms with van der Waals surface area (Å²) in [6.45, 7) is 0. The van der Waals surface area contributed by atoms with Gasteiger partial charge in [-0.05, 0) is 6.07 Å². The summed E-state index contributed by atoms with van der Waals surface area (Å²) in [5.41, 5.74) is 0.852. The van der Waals surface area contributed by atoms with E-state index in [2.05, 4.69) is 10.3 Å². The van der Waals surface area contributed by atoms with Crippen LogP contribution in [0.2, 0.25) is 0 Å². The van der Waals surface area contributed by atoms with E-state index in [1.165, 1.54) is 0 Å². The minimum absolute atomic E-state index is 0.0259. The van der Waals surface area contributed by atoms with E-state index in [4.69, 9.17) is 4.74 Å². The van der Waals surface area contributed by atoms with Gasteiger partial charge in [-0.1, -0.05) is 0 Å². The summed E-state index contributed by atoms with van der Waals surface area (Å²) in [4.78, 5) is 15.0. The maximum absolute atomic E-state index is 11.0. The van der Waals surface area contributed by atoms with Gasteiger partial charge in [-0.15, -0.1) is 0 Å². The van der Waals surface area contributed by atoms with Crippen LogP contribution in [0.1, 0.15) is 5.56 Å². The molecule has 2 heterocycles. The van der Waals surface area contributed by atoms with Crippen LogP contribution in [0.25, 0.3) is 0 Å². The molecule has 1 aliphatic rings. The molecule has 62 valence electrons. The van der Waals surface area contributed by atoms with E-state index in [0.717, 1.165) is 11.3 Å². The van der Waals surface area contributed by atoms with Gasteiger partial charge in [-0.25, -0.2) is 4.98 Å². The van der Waals surface area contributed by atoms with Crippen molar-refractivity contribution in [2.75, 3.05) is 12.4 Å². The van der Waals surface area contributed by atoms with Crippen molar-refractivity contribution in [1.82, 2.24) is 4.98 Å². The highest BCUT2D eigenvalue weighted by molar-refractivity contribution is 5.98. The molecule has 4 heteroatoms. The van der Waals surface area contributed by atoms with Gasteiger partial charge in [0.05, 0.1) is 13.5 Å². The fourth-order valence-electron chi connectivity index (χ4n) is 1.28. The zero-order valence-corrected chi connectivity index (χ0v) is 6.63. The van der Waals surface area contributed by atoms with Gasteiger partial charge in [0, 0.05) is 11.8 Å². The molecule has 1 amide bonds. The zero-order valence-electron chi connectivity index (χ0n) is 6.63. The molecule has 0 fully saturated rings. The number of methoxy groups -OCH3 is 1. The van der Waals surface area contributed by atoms with Crippen LogP contribution in [-0.2, 0) is 11.2 Å². The number of rotatable bonds is 1. The Labute approximate surface area is 69.6 Å². The number of carbonyl (C=O) groups excluding carboxylic acids is 1. The van der Waals surface area contributed by atoms with Crippen molar-refractivity contribution in [3.63, 3.8) is 0 Å². The number of hydrogen-bond acceptors (Lipinski definition) is 3. The predicted octanol–water partition coefficient (Wildman–Crippen LogP) is 0.585. The van der Waals surface area contributed by atoms with Crippen LogP contribution in [0.4, 0.5) is 5.82 Å². The summed E-state index contributed by atoms with van der Waals surface area (Å²) in [6, 6.07) is 1.75. The van der Waals surface area contributed by atoms with Crippen LogP contribution in [0.15, 0.2) is 12.3 Å². The van der Waals surface area contributed by atoms with E-state index in [1.54, 1.807) is 19.4 Å². The number of anilines is 1. The number of amides is 1. The first-order chi connectivity index (χ1) is 5.81. The van der Waals surface area contributed by atoms with E-state index in [0.29, 0.717) is 12.2 Å². The summed E-state index contributed by atoms with van der Waals surface area (Å²) in [5, 5.41) is 2.64. The largest absolute Gasteiger partial charge is 0.496 e. The summed E-state index contributed by atoms with van der Waals surface area (Å²) < 4.78 is 5.07. The Morgan fingerprint density at radius 3 is 3.25 bits per heavy atom. The van der Waals surface area contributed by atoms with Crippen LogP contribution < -0.4 is 10.1 Å². The first-order valence-electron chi connectivity index (χ1n) is 3.63. The Hall–Kier alpha value is -1.58. The highest BCUT2D eigenvalue weighted by Gasteiger charge is 2.21. The number of nitrogens with one attached hydrogen (secondary N) is 1. The molecule has 0 radical (unpaired) electrons. The topological polar surface area (TPSA) is 51.2 Å². The maximum atomic E-state index is 11.0. The first kappa shape index (κ1) is 7.09. The number of ether oxygens (including phenoxy) is 1. The lowest BCUT2D eigenvalue weighted by Gasteiger charge is -2.02. The lowest BCUT2D eigenvalue weighted by molar-refractivity contribution is -0.115. The lowest BCUT2D eigenvalue weighted by atomic mass is 10.2. The van der Waals surface area contributed by atoms with E-state index >= 15 is 0 Å². The third-order valence-corrected chi connectivity index (χ3v) is 1.83. The van der Waals surface area contributed by atoms with Crippen molar-refractivity contribution in [2.24, 2.45) is 0 Å². The molecule has 0 saturated carbocycles. The quantitative estimate of drug-likeness (QED) is 0.660. The first-order valence-corrected chi connectivity index (χ1v) is 3.63. The van der Waals surface area contributed by atoms with Gasteiger partial charge in [-0.2, -0.15) is 0 Å². The summed E-state index contributed by atoms with van der Waals surface area (Å²) in [5.74, 6) is 1.32. The molecule has 0 aliphatic carbocycles. The standard InChI is InChI=1S/C8H8N2O2/c1-12-6-2-3-9-8-5(6)4-7(11)10-8/h2-3H,4H2,1H3,(H,9,10,11). The minimum Gasteiger partial charge on any atom is -0.496 e. The van der Waals surface area contributed by atoms with E-state index in [9.17, 15) is 4.79 Å². The number of carbonyl (C=O) groups is 1. The van der Waals surface area contributed by atoms with Gasteiger partial charge in [-0.3, -0.25) is 4.79 Å². The number of fused-ring (bicyclic) bond motifs is 1. The zero-order chi connectivity index (χ0) is 8.55. The monoisotopic (exact) mass is 164 g/mol. The second-order valence-electron chi connectivity index (χ2n) is 2.57. The Balaban J connectivity index is 2.51. The molecule has 2 rings (SSSR count).